The van der Waals surface area contributed by atoms with Gasteiger partial charge >= 0.3 is 0 Å². The van der Waals surface area contributed by atoms with E-state index >= 15 is 0 Å². The van der Waals surface area contributed by atoms with Crippen molar-refractivity contribution in [3.63, 3.8) is 0 Å². The van der Waals surface area contributed by atoms with E-state index in [1.165, 1.54) is 0 Å². The molecule has 4 heteroatoms. The van der Waals surface area contributed by atoms with E-state index in [2.05, 4.69) is 16.8 Å². The molecule has 0 aromatic carbocycles. The summed E-state index contributed by atoms with van der Waals surface area (Å²) < 4.78 is 0. The Hall–Kier alpha value is -0.970. The third kappa shape index (κ3) is 3.58. The Kier molecular flexibility index (Phi) is 5.25. The van der Waals surface area contributed by atoms with Crippen molar-refractivity contribution in [1.29, 1.82) is 0 Å². The van der Waals surface area contributed by atoms with Gasteiger partial charge in [-0.2, -0.15) is 0 Å². The molecule has 84 valence electrons. The molecule has 0 saturated carbocycles. The second kappa shape index (κ2) is 6.50. The monoisotopic (exact) mass is 209 g/mol. The highest BCUT2D eigenvalue weighted by Crippen LogP contribution is 2.04. The first-order valence-electron chi connectivity index (χ1n) is 5.26. The normalized spacial score (nSPS) is 13.1. The molecule has 1 aromatic heterocycles. The van der Waals surface area contributed by atoms with Crippen LogP contribution in [0.3, 0.4) is 0 Å². The van der Waals surface area contributed by atoms with Crippen molar-refractivity contribution in [2.45, 2.75) is 19.5 Å². The van der Waals surface area contributed by atoms with Crippen LogP contribution >= 0.6 is 0 Å². The average Bonchev–Trinajstić information content (AvgIpc) is 2.30. The molecule has 0 aliphatic rings. The second-order valence-corrected chi connectivity index (χ2v) is 3.46. The number of hydrogen-bond acceptors (Lipinski definition) is 4. The van der Waals surface area contributed by atoms with Crippen LogP contribution in [0.15, 0.2) is 24.4 Å². The number of aliphatic hydroxyl groups excluding tert-OH is 1. The van der Waals surface area contributed by atoms with E-state index in [9.17, 15) is 0 Å². The van der Waals surface area contributed by atoms with Crippen LogP contribution < -0.4 is 5.73 Å². The van der Waals surface area contributed by atoms with Gasteiger partial charge in [0.25, 0.3) is 0 Å². The standard InChI is InChI=1S/C11H19N3O/c1-2-14(11(7-12)9-15)8-10-5-3-4-6-13-10/h3-6,11,15H,2,7-9,12H2,1H3. The van der Waals surface area contributed by atoms with E-state index in [1.54, 1.807) is 6.20 Å². The fourth-order valence-corrected chi connectivity index (χ4v) is 1.54. The predicted octanol–water partition coefficient (Wildman–Crippen LogP) is 0.223. The number of aliphatic hydroxyl groups is 1. The minimum absolute atomic E-state index is 0.0250. The molecule has 1 rings (SSSR count). The number of aromatic nitrogens is 1. The lowest BCUT2D eigenvalue weighted by atomic mass is 10.2. The molecule has 1 atom stereocenters. The molecule has 0 amide bonds. The summed E-state index contributed by atoms with van der Waals surface area (Å²) in [7, 11) is 0. The van der Waals surface area contributed by atoms with Crippen molar-refractivity contribution in [3.8, 4) is 0 Å². The molecule has 3 N–H and O–H groups in total. The fourth-order valence-electron chi connectivity index (χ4n) is 1.54. The molecule has 0 aliphatic heterocycles. The third-order valence-corrected chi connectivity index (χ3v) is 2.50. The Morgan fingerprint density at radius 1 is 1.53 bits per heavy atom. The Balaban J connectivity index is 2.61. The van der Waals surface area contributed by atoms with Gasteiger partial charge in [0, 0.05) is 25.3 Å². The molecule has 15 heavy (non-hydrogen) atoms. The molecule has 4 nitrogen and oxygen atoms in total. The summed E-state index contributed by atoms with van der Waals surface area (Å²) in [6.07, 6.45) is 1.78. The van der Waals surface area contributed by atoms with Crippen LogP contribution in [0.5, 0.6) is 0 Å². The van der Waals surface area contributed by atoms with Gasteiger partial charge in [-0.1, -0.05) is 13.0 Å². The van der Waals surface area contributed by atoms with Gasteiger partial charge in [-0.15, -0.1) is 0 Å². The quantitative estimate of drug-likeness (QED) is 0.703. The zero-order valence-electron chi connectivity index (χ0n) is 9.13. The molecular weight excluding hydrogens is 190 g/mol. The SMILES string of the molecule is CCN(Cc1ccccn1)C(CN)CO. The van der Waals surface area contributed by atoms with Crippen LogP contribution in [0.25, 0.3) is 0 Å². The van der Waals surface area contributed by atoms with Gasteiger partial charge in [0.05, 0.1) is 12.3 Å². The summed E-state index contributed by atoms with van der Waals surface area (Å²) >= 11 is 0. The van der Waals surface area contributed by atoms with Crippen molar-refractivity contribution >= 4 is 0 Å². The van der Waals surface area contributed by atoms with E-state index in [-0.39, 0.29) is 12.6 Å². The topological polar surface area (TPSA) is 62.4 Å². The highest BCUT2D eigenvalue weighted by molar-refractivity contribution is 5.03. The van der Waals surface area contributed by atoms with Gasteiger partial charge in [0.15, 0.2) is 0 Å². The third-order valence-electron chi connectivity index (χ3n) is 2.50. The largest absolute Gasteiger partial charge is 0.395 e. The van der Waals surface area contributed by atoms with Crippen molar-refractivity contribution in [2.75, 3.05) is 19.7 Å². The zero-order valence-corrected chi connectivity index (χ0v) is 9.13. The van der Waals surface area contributed by atoms with Gasteiger partial charge in [0.2, 0.25) is 0 Å². The lowest BCUT2D eigenvalue weighted by molar-refractivity contribution is 0.125. The van der Waals surface area contributed by atoms with E-state index in [0.29, 0.717) is 6.54 Å². The minimum atomic E-state index is 0.0250. The van der Waals surface area contributed by atoms with Crippen LogP contribution in [-0.4, -0.2) is 40.7 Å². The fraction of sp³-hybridized carbons (Fsp3) is 0.545. The molecule has 0 radical (unpaired) electrons. The maximum atomic E-state index is 9.16. The molecule has 1 aromatic rings. The zero-order chi connectivity index (χ0) is 11.1. The maximum Gasteiger partial charge on any atom is 0.0599 e. The molecule has 0 saturated heterocycles. The molecular formula is C11H19N3O. The lowest BCUT2D eigenvalue weighted by Crippen LogP contribution is -2.42. The van der Waals surface area contributed by atoms with E-state index < -0.39 is 0 Å². The summed E-state index contributed by atoms with van der Waals surface area (Å²) in [6, 6.07) is 5.86. The Morgan fingerprint density at radius 3 is 2.80 bits per heavy atom. The first kappa shape index (κ1) is 12.1. The van der Waals surface area contributed by atoms with Crippen molar-refractivity contribution in [3.05, 3.63) is 30.1 Å². The number of likely N-dealkylation sites (N-methyl/N-ethyl adjacent to an activating group) is 1. The summed E-state index contributed by atoms with van der Waals surface area (Å²) in [6.45, 7) is 4.22. The number of hydrogen-bond donors (Lipinski definition) is 2. The van der Waals surface area contributed by atoms with Gasteiger partial charge in [-0.05, 0) is 18.7 Å². The van der Waals surface area contributed by atoms with Crippen LogP contribution in [-0.2, 0) is 6.54 Å². The van der Waals surface area contributed by atoms with E-state index in [1.807, 2.05) is 18.2 Å². The van der Waals surface area contributed by atoms with Crippen LogP contribution in [0.2, 0.25) is 0 Å². The molecule has 0 aliphatic carbocycles. The number of nitrogens with zero attached hydrogens (tertiary/aromatic N) is 2. The summed E-state index contributed by atoms with van der Waals surface area (Å²) in [5, 5.41) is 9.16. The van der Waals surface area contributed by atoms with Gasteiger partial charge in [-0.25, -0.2) is 0 Å². The van der Waals surface area contributed by atoms with Crippen molar-refractivity contribution in [1.82, 2.24) is 9.88 Å². The van der Waals surface area contributed by atoms with Crippen LogP contribution in [0.1, 0.15) is 12.6 Å². The average molecular weight is 209 g/mol. The minimum Gasteiger partial charge on any atom is -0.395 e. The Morgan fingerprint density at radius 2 is 2.33 bits per heavy atom. The smallest absolute Gasteiger partial charge is 0.0599 e. The summed E-state index contributed by atoms with van der Waals surface area (Å²) in [5.74, 6) is 0. The van der Waals surface area contributed by atoms with Gasteiger partial charge in [-0.3, -0.25) is 9.88 Å². The summed E-state index contributed by atoms with van der Waals surface area (Å²) in [4.78, 5) is 6.38. The highest BCUT2D eigenvalue weighted by Gasteiger charge is 2.14. The maximum absolute atomic E-state index is 9.16. The Bertz CT molecular complexity index is 262. The highest BCUT2D eigenvalue weighted by atomic mass is 16.3. The Labute approximate surface area is 90.7 Å². The number of rotatable bonds is 6. The van der Waals surface area contributed by atoms with E-state index in [0.717, 1.165) is 18.8 Å². The molecule has 1 heterocycles. The van der Waals surface area contributed by atoms with E-state index in [4.69, 9.17) is 10.8 Å². The number of pyridine rings is 1. The van der Waals surface area contributed by atoms with Crippen molar-refractivity contribution in [2.24, 2.45) is 5.73 Å². The molecule has 0 spiro atoms. The first-order chi connectivity index (χ1) is 7.31. The van der Waals surface area contributed by atoms with Gasteiger partial charge in [0.1, 0.15) is 0 Å². The van der Waals surface area contributed by atoms with Crippen LogP contribution in [0, 0.1) is 0 Å². The second-order valence-electron chi connectivity index (χ2n) is 3.46. The molecule has 0 fully saturated rings. The first-order valence-corrected chi connectivity index (χ1v) is 5.26. The molecule has 1 unspecified atom stereocenters. The number of nitrogens with two attached hydrogens (primary N) is 1. The van der Waals surface area contributed by atoms with Crippen molar-refractivity contribution < 1.29 is 5.11 Å². The molecule has 0 bridgehead atoms. The summed E-state index contributed by atoms with van der Waals surface area (Å²) in [5.41, 5.74) is 6.60. The van der Waals surface area contributed by atoms with Gasteiger partial charge < -0.3 is 10.8 Å². The van der Waals surface area contributed by atoms with Crippen LogP contribution in [0.4, 0.5) is 0 Å². The lowest BCUT2D eigenvalue weighted by Gasteiger charge is -2.27. The predicted molar refractivity (Wildman–Crippen MR) is 60.2 cm³/mol.